The molecule has 1 saturated heterocycles. The zero-order valence-electron chi connectivity index (χ0n) is 19.8. The van der Waals surface area contributed by atoms with Gasteiger partial charge in [-0.1, -0.05) is 0 Å². The molecule has 182 valence electrons. The van der Waals surface area contributed by atoms with Crippen molar-refractivity contribution in [3.8, 4) is 0 Å². The lowest BCUT2D eigenvalue weighted by molar-refractivity contribution is 0.0981. The fourth-order valence-electron chi connectivity index (χ4n) is 4.73. The molecule has 0 bridgehead atoms. The first-order valence-electron chi connectivity index (χ1n) is 12.1. The minimum Gasteiger partial charge on any atom is -0.446 e. The van der Waals surface area contributed by atoms with Crippen LogP contribution in [0.15, 0.2) is 24.5 Å². The third-order valence-electron chi connectivity index (χ3n) is 6.38. The van der Waals surface area contributed by atoms with Crippen LogP contribution in [0.5, 0.6) is 0 Å². The quantitative estimate of drug-likeness (QED) is 0.417. The van der Waals surface area contributed by atoms with Gasteiger partial charge in [0, 0.05) is 68.8 Å². The summed E-state index contributed by atoms with van der Waals surface area (Å²) in [5.41, 5.74) is 2.99. The van der Waals surface area contributed by atoms with Crippen molar-refractivity contribution < 1.29 is 9.53 Å². The molecule has 34 heavy (non-hydrogen) atoms. The molecule has 3 aromatic heterocycles. The molecule has 2 unspecified atom stereocenters. The highest BCUT2D eigenvalue weighted by Gasteiger charge is 2.30. The summed E-state index contributed by atoms with van der Waals surface area (Å²) in [6.07, 6.45) is 5.79. The van der Waals surface area contributed by atoms with E-state index in [0.29, 0.717) is 5.82 Å². The monoisotopic (exact) mass is 467 g/mol. The molecule has 11 heteroatoms. The van der Waals surface area contributed by atoms with E-state index in [1.807, 2.05) is 30.6 Å². The molecule has 0 spiro atoms. The third kappa shape index (κ3) is 5.31. The van der Waals surface area contributed by atoms with Crippen LogP contribution in [0.25, 0.3) is 5.52 Å². The van der Waals surface area contributed by atoms with Crippen LogP contribution >= 0.6 is 0 Å². The van der Waals surface area contributed by atoms with Crippen molar-refractivity contribution in [2.75, 3.05) is 31.5 Å². The van der Waals surface area contributed by atoms with E-state index in [9.17, 15) is 4.79 Å². The van der Waals surface area contributed by atoms with E-state index in [0.717, 1.165) is 74.7 Å². The Balaban J connectivity index is 1.22. The number of fused-ring (bicyclic) bond motifs is 1. The van der Waals surface area contributed by atoms with Gasteiger partial charge in [-0.15, -0.1) is 0 Å². The predicted molar refractivity (Wildman–Crippen MR) is 128 cm³/mol. The van der Waals surface area contributed by atoms with Gasteiger partial charge in [-0.3, -0.25) is 10.00 Å². The summed E-state index contributed by atoms with van der Waals surface area (Å²) in [5.74, 6) is 1.71. The van der Waals surface area contributed by atoms with Crippen LogP contribution in [-0.4, -0.2) is 74.1 Å². The Morgan fingerprint density at radius 3 is 2.94 bits per heavy atom. The number of alkyl carbamates (subject to hydrolysis) is 1. The van der Waals surface area contributed by atoms with E-state index < -0.39 is 0 Å². The van der Waals surface area contributed by atoms with Crippen LogP contribution in [0, 0.1) is 0 Å². The summed E-state index contributed by atoms with van der Waals surface area (Å²) in [4.78, 5) is 18.8. The number of ether oxygens (including phenoxy) is 1. The van der Waals surface area contributed by atoms with Crippen LogP contribution in [0.1, 0.15) is 50.4 Å². The van der Waals surface area contributed by atoms with Crippen molar-refractivity contribution in [1.82, 2.24) is 40.3 Å². The molecule has 4 heterocycles. The molecule has 1 amide bonds. The topological polar surface area (TPSA) is 124 Å². The molecular formula is C23H33N9O2. The molecule has 1 aliphatic heterocycles. The Morgan fingerprint density at radius 2 is 2.12 bits per heavy atom. The average molecular weight is 468 g/mol. The van der Waals surface area contributed by atoms with Gasteiger partial charge in [0.2, 0.25) is 0 Å². The van der Waals surface area contributed by atoms with Crippen molar-refractivity contribution >= 4 is 23.2 Å². The third-order valence-corrected chi connectivity index (χ3v) is 6.38. The largest absolute Gasteiger partial charge is 0.446 e. The lowest BCUT2D eigenvalue weighted by atomic mass is 10.0. The lowest BCUT2D eigenvalue weighted by Gasteiger charge is -2.26. The first-order valence-corrected chi connectivity index (χ1v) is 12.1. The molecule has 2 atom stereocenters. The number of carbonyl (C=O) groups excluding carboxylic acids is 1. The first-order chi connectivity index (χ1) is 16.5. The van der Waals surface area contributed by atoms with Gasteiger partial charge < -0.3 is 20.7 Å². The molecule has 0 radical (unpaired) electrons. The van der Waals surface area contributed by atoms with E-state index in [4.69, 9.17) is 9.84 Å². The summed E-state index contributed by atoms with van der Waals surface area (Å²) in [6.45, 7) is 8.76. The van der Waals surface area contributed by atoms with Crippen LogP contribution in [0.4, 0.5) is 16.4 Å². The summed E-state index contributed by atoms with van der Waals surface area (Å²) < 4.78 is 7.42. The van der Waals surface area contributed by atoms with Crippen molar-refractivity contribution in [1.29, 1.82) is 0 Å². The number of piperazine rings is 1. The summed E-state index contributed by atoms with van der Waals surface area (Å²) in [5, 5.41) is 21.8. The van der Waals surface area contributed by atoms with Gasteiger partial charge in [0.1, 0.15) is 11.6 Å². The number of aromatic nitrogens is 5. The van der Waals surface area contributed by atoms with Crippen molar-refractivity contribution in [3.05, 3.63) is 35.9 Å². The SMILES string of the molecule is CC(C)NC(=O)OC1CCC(c2cc(Nc3nccn4nc(CN5CCNCC5)cc34)n[nH]2)C1. The summed E-state index contributed by atoms with van der Waals surface area (Å²) in [6, 6.07) is 4.18. The van der Waals surface area contributed by atoms with Crippen LogP contribution in [0.3, 0.4) is 0 Å². The Labute approximate surface area is 198 Å². The van der Waals surface area contributed by atoms with Gasteiger partial charge >= 0.3 is 6.09 Å². The molecule has 5 rings (SSSR count). The zero-order chi connectivity index (χ0) is 23.5. The Hall–Kier alpha value is -3.18. The minimum atomic E-state index is -0.344. The fourth-order valence-corrected chi connectivity index (χ4v) is 4.73. The van der Waals surface area contributed by atoms with E-state index >= 15 is 0 Å². The second-order valence-corrected chi connectivity index (χ2v) is 9.44. The Kier molecular flexibility index (Phi) is 6.63. The number of carbonyl (C=O) groups is 1. The van der Waals surface area contributed by atoms with Crippen molar-refractivity contribution in [2.45, 2.75) is 57.7 Å². The number of nitrogens with zero attached hydrogens (tertiary/aromatic N) is 5. The van der Waals surface area contributed by atoms with E-state index in [1.54, 1.807) is 6.20 Å². The highest BCUT2D eigenvalue weighted by molar-refractivity contribution is 5.72. The normalized spacial score (nSPS) is 21.3. The molecule has 2 aliphatic rings. The first kappa shape index (κ1) is 22.6. The molecule has 1 aliphatic carbocycles. The summed E-state index contributed by atoms with van der Waals surface area (Å²) in [7, 11) is 0. The number of amides is 1. The number of hydrogen-bond acceptors (Lipinski definition) is 8. The smallest absolute Gasteiger partial charge is 0.407 e. The van der Waals surface area contributed by atoms with Crippen LogP contribution < -0.4 is 16.0 Å². The number of aromatic amines is 1. The summed E-state index contributed by atoms with van der Waals surface area (Å²) >= 11 is 0. The van der Waals surface area contributed by atoms with Crippen LogP contribution in [-0.2, 0) is 11.3 Å². The van der Waals surface area contributed by atoms with Gasteiger partial charge in [-0.25, -0.2) is 14.3 Å². The Bertz CT molecular complexity index is 1120. The van der Waals surface area contributed by atoms with Gasteiger partial charge in [-0.2, -0.15) is 10.2 Å². The zero-order valence-corrected chi connectivity index (χ0v) is 19.8. The number of anilines is 2. The Morgan fingerprint density at radius 1 is 1.26 bits per heavy atom. The van der Waals surface area contributed by atoms with Gasteiger partial charge in [0.15, 0.2) is 11.6 Å². The van der Waals surface area contributed by atoms with Gasteiger partial charge in [-0.05, 0) is 39.2 Å². The number of H-pyrrole nitrogens is 1. The second kappa shape index (κ2) is 9.98. The highest BCUT2D eigenvalue weighted by atomic mass is 16.6. The van der Waals surface area contributed by atoms with Gasteiger partial charge in [0.25, 0.3) is 0 Å². The molecule has 1 saturated carbocycles. The maximum atomic E-state index is 11.9. The molecule has 3 aromatic rings. The highest BCUT2D eigenvalue weighted by Crippen LogP contribution is 2.36. The van der Waals surface area contributed by atoms with E-state index in [-0.39, 0.29) is 24.2 Å². The maximum Gasteiger partial charge on any atom is 0.407 e. The molecular weight excluding hydrogens is 434 g/mol. The molecule has 11 nitrogen and oxygen atoms in total. The maximum absolute atomic E-state index is 11.9. The predicted octanol–water partition coefficient (Wildman–Crippen LogP) is 2.37. The lowest BCUT2D eigenvalue weighted by Crippen LogP contribution is -2.42. The number of hydrogen-bond donors (Lipinski definition) is 4. The standard InChI is InChI=1S/C23H33N9O2/c1-15(2)26-23(33)34-18-4-3-16(11-18)19-13-21(29-28-19)27-22-20-12-17(30-32(20)10-7-25-22)14-31-8-5-24-6-9-31/h7,10,12-13,15-16,18,24H,3-6,8-9,11,14H2,1-2H3,(H,26,33)(H2,25,27,28,29). The average Bonchev–Trinajstić information content (AvgIpc) is 3.54. The van der Waals surface area contributed by atoms with Crippen molar-refractivity contribution in [3.63, 3.8) is 0 Å². The van der Waals surface area contributed by atoms with E-state index in [1.165, 1.54) is 0 Å². The number of nitrogens with one attached hydrogen (secondary N) is 4. The number of rotatable bonds is 7. The molecule has 0 aromatic carbocycles. The van der Waals surface area contributed by atoms with E-state index in [2.05, 4.69) is 42.1 Å². The van der Waals surface area contributed by atoms with Gasteiger partial charge in [0.05, 0.1) is 5.69 Å². The van der Waals surface area contributed by atoms with Crippen molar-refractivity contribution in [2.24, 2.45) is 0 Å². The molecule has 2 fully saturated rings. The molecule has 4 N–H and O–H groups in total. The van der Waals surface area contributed by atoms with Crippen LogP contribution in [0.2, 0.25) is 0 Å². The second-order valence-electron chi connectivity index (χ2n) is 9.44. The minimum absolute atomic E-state index is 0.0675. The fraction of sp³-hybridized carbons (Fsp3) is 0.565.